The molecule has 1 aromatic carbocycles. The number of nitrogens with one attached hydrogen (secondary N) is 2. The van der Waals surface area contributed by atoms with Crippen LogP contribution in [0.15, 0.2) is 53.3 Å². The SMILES string of the molecule is COc1ccccc1-c1[nH]ncc1CNCc1ccco1. The topological polar surface area (TPSA) is 63.1 Å². The summed E-state index contributed by atoms with van der Waals surface area (Å²) < 4.78 is 10.7. The van der Waals surface area contributed by atoms with Crippen molar-refractivity contribution in [2.45, 2.75) is 13.1 Å². The molecule has 0 unspecified atom stereocenters. The summed E-state index contributed by atoms with van der Waals surface area (Å²) in [6.07, 6.45) is 3.51. The molecule has 0 atom stereocenters. The van der Waals surface area contributed by atoms with Gasteiger partial charge in [0, 0.05) is 17.7 Å². The molecule has 108 valence electrons. The van der Waals surface area contributed by atoms with Crippen molar-refractivity contribution in [3.8, 4) is 17.0 Å². The molecule has 2 N–H and O–H groups in total. The van der Waals surface area contributed by atoms with Crippen LogP contribution >= 0.6 is 0 Å². The first-order valence-electron chi connectivity index (χ1n) is 6.77. The molecule has 5 heteroatoms. The second-order valence-corrected chi connectivity index (χ2v) is 4.65. The lowest BCUT2D eigenvalue weighted by Crippen LogP contribution is -2.12. The van der Waals surface area contributed by atoms with Crippen LogP contribution < -0.4 is 10.1 Å². The minimum absolute atomic E-state index is 0.684. The Hall–Kier alpha value is -2.53. The van der Waals surface area contributed by atoms with Gasteiger partial charge in [0.2, 0.25) is 0 Å². The van der Waals surface area contributed by atoms with E-state index in [0.717, 1.165) is 28.3 Å². The Bertz CT molecular complexity index is 689. The van der Waals surface area contributed by atoms with Gasteiger partial charge in [-0.3, -0.25) is 5.10 Å². The van der Waals surface area contributed by atoms with Gasteiger partial charge in [0.25, 0.3) is 0 Å². The molecule has 0 saturated carbocycles. The van der Waals surface area contributed by atoms with Crippen molar-refractivity contribution in [2.75, 3.05) is 7.11 Å². The van der Waals surface area contributed by atoms with Crippen molar-refractivity contribution in [1.29, 1.82) is 0 Å². The van der Waals surface area contributed by atoms with Crippen LogP contribution in [0, 0.1) is 0 Å². The van der Waals surface area contributed by atoms with E-state index in [-0.39, 0.29) is 0 Å². The molecule has 3 aromatic rings. The van der Waals surface area contributed by atoms with Crippen LogP contribution in [0.5, 0.6) is 5.75 Å². The Morgan fingerprint density at radius 1 is 1.19 bits per heavy atom. The molecule has 0 amide bonds. The van der Waals surface area contributed by atoms with E-state index in [1.165, 1.54) is 0 Å². The number of methoxy groups -OCH3 is 1. The zero-order chi connectivity index (χ0) is 14.5. The standard InChI is InChI=1S/C16H17N3O2/c1-20-15-7-3-2-6-14(15)16-12(10-18-19-16)9-17-11-13-5-4-8-21-13/h2-8,10,17H,9,11H2,1H3,(H,18,19). The summed E-state index contributed by atoms with van der Waals surface area (Å²) >= 11 is 0. The molecule has 0 aliphatic carbocycles. The maximum atomic E-state index is 5.40. The lowest BCUT2D eigenvalue weighted by molar-refractivity contribution is 0.416. The Labute approximate surface area is 122 Å². The Morgan fingerprint density at radius 3 is 2.90 bits per heavy atom. The average molecular weight is 283 g/mol. The Balaban J connectivity index is 1.74. The third-order valence-electron chi connectivity index (χ3n) is 3.29. The quantitative estimate of drug-likeness (QED) is 0.730. The van der Waals surface area contributed by atoms with E-state index >= 15 is 0 Å². The second-order valence-electron chi connectivity index (χ2n) is 4.65. The van der Waals surface area contributed by atoms with Crippen LogP contribution in [0.3, 0.4) is 0 Å². The van der Waals surface area contributed by atoms with E-state index in [0.29, 0.717) is 13.1 Å². The minimum Gasteiger partial charge on any atom is -0.496 e. The van der Waals surface area contributed by atoms with Gasteiger partial charge >= 0.3 is 0 Å². The van der Waals surface area contributed by atoms with Gasteiger partial charge < -0.3 is 14.5 Å². The van der Waals surface area contributed by atoms with Crippen molar-refractivity contribution >= 4 is 0 Å². The molecule has 3 rings (SSSR count). The number of para-hydroxylation sites is 1. The third kappa shape index (κ3) is 2.98. The van der Waals surface area contributed by atoms with Crippen LogP contribution in [0.2, 0.25) is 0 Å². The molecule has 0 fully saturated rings. The van der Waals surface area contributed by atoms with Crippen molar-refractivity contribution in [2.24, 2.45) is 0 Å². The number of hydrogen-bond acceptors (Lipinski definition) is 4. The van der Waals surface area contributed by atoms with Gasteiger partial charge in [0.1, 0.15) is 11.5 Å². The zero-order valence-corrected chi connectivity index (χ0v) is 11.8. The minimum atomic E-state index is 0.684. The summed E-state index contributed by atoms with van der Waals surface area (Å²) in [5.74, 6) is 1.74. The van der Waals surface area contributed by atoms with Gasteiger partial charge in [-0.05, 0) is 24.3 Å². The number of aromatic nitrogens is 2. The molecule has 2 heterocycles. The summed E-state index contributed by atoms with van der Waals surface area (Å²) in [6.45, 7) is 1.38. The van der Waals surface area contributed by atoms with Crippen molar-refractivity contribution in [1.82, 2.24) is 15.5 Å². The predicted octanol–water partition coefficient (Wildman–Crippen LogP) is 2.97. The largest absolute Gasteiger partial charge is 0.496 e. The van der Waals surface area contributed by atoms with Crippen molar-refractivity contribution in [3.05, 3.63) is 60.2 Å². The maximum absolute atomic E-state index is 5.40. The molecule has 0 aliphatic rings. The lowest BCUT2D eigenvalue weighted by Gasteiger charge is -2.09. The van der Waals surface area contributed by atoms with E-state index in [1.54, 1.807) is 13.4 Å². The van der Waals surface area contributed by atoms with Crippen LogP contribution in [0.25, 0.3) is 11.3 Å². The lowest BCUT2D eigenvalue weighted by atomic mass is 10.1. The van der Waals surface area contributed by atoms with E-state index < -0.39 is 0 Å². The number of hydrogen-bond donors (Lipinski definition) is 2. The second kappa shape index (κ2) is 6.28. The van der Waals surface area contributed by atoms with E-state index in [4.69, 9.17) is 9.15 Å². The average Bonchev–Trinajstić information content (AvgIpc) is 3.19. The highest BCUT2D eigenvalue weighted by molar-refractivity contribution is 5.69. The molecule has 0 radical (unpaired) electrons. The number of ether oxygens (including phenoxy) is 1. The zero-order valence-electron chi connectivity index (χ0n) is 11.8. The van der Waals surface area contributed by atoms with Gasteiger partial charge in [-0.15, -0.1) is 0 Å². The molecular weight excluding hydrogens is 266 g/mol. The van der Waals surface area contributed by atoms with Crippen LogP contribution in [0.1, 0.15) is 11.3 Å². The molecular formula is C16H17N3O2. The maximum Gasteiger partial charge on any atom is 0.128 e. The van der Waals surface area contributed by atoms with Crippen molar-refractivity contribution < 1.29 is 9.15 Å². The molecule has 21 heavy (non-hydrogen) atoms. The van der Waals surface area contributed by atoms with Crippen LogP contribution in [-0.2, 0) is 13.1 Å². The molecule has 0 aliphatic heterocycles. The fourth-order valence-electron chi connectivity index (χ4n) is 2.26. The molecule has 5 nitrogen and oxygen atoms in total. The molecule has 0 spiro atoms. The Kier molecular flexibility index (Phi) is 4.02. The van der Waals surface area contributed by atoms with Gasteiger partial charge in [-0.25, -0.2) is 0 Å². The van der Waals surface area contributed by atoms with E-state index in [9.17, 15) is 0 Å². The number of rotatable bonds is 6. The first-order chi connectivity index (χ1) is 10.4. The number of nitrogens with zero attached hydrogens (tertiary/aromatic N) is 1. The van der Waals surface area contributed by atoms with Gasteiger partial charge in [-0.2, -0.15) is 5.10 Å². The normalized spacial score (nSPS) is 10.7. The monoisotopic (exact) mass is 283 g/mol. The molecule has 2 aromatic heterocycles. The van der Waals surface area contributed by atoms with Crippen LogP contribution in [-0.4, -0.2) is 17.3 Å². The van der Waals surface area contributed by atoms with Gasteiger partial charge in [0.05, 0.1) is 31.8 Å². The predicted molar refractivity (Wildman–Crippen MR) is 79.8 cm³/mol. The van der Waals surface area contributed by atoms with Gasteiger partial charge in [0.15, 0.2) is 0 Å². The first kappa shape index (κ1) is 13.5. The van der Waals surface area contributed by atoms with Crippen molar-refractivity contribution in [3.63, 3.8) is 0 Å². The van der Waals surface area contributed by atoms with Crippen LogP contribution in [0.4, 0.5) is 0 Å². The number of benzene rings is 1. The summed E-state index contributed by atoms with van der Waals surface area (Å²) in [5.41, 5.74) is 3.07. The number of furan rings is 1. The highest BCUT2D eigenvalue weighted by Gasteiger charge is 2.11. The number of H-pyrrole nitrogens is 1. The molecule has 0 saturated heterocycles. The molecule has 0 bridgehead atoms. The van der Waals surface area contributed by atoms with E-state index in [1.807, 2.05) is 42.6 Å². The fraction of sp³-hybridized carbons (Fsp3) is 0.188. The third-order valence-corrected chi connectivity index (χ3v) is 3.29. The first-order valence-corrected chi connectivity index (χ1v) is 6.77. The summed E-state index contributed by atoms with van der Waals surface area (Å²) in [6, 6.07) is 11.7. The smallest absolute Gasteiger partial charge is 0.128 e. The Morgan fingerprint density at radius 2 is 2.10 bits per heavy atom. The number of aromatic amines is 1. The van der Waals surface area contributed by atoms with E-state index in [2.05, 4.69) is 15.5 Å². The summed E-state index contributed by atoms with van der Waals surface area (Å²) in [5, 5.41) is 10.5. The summed E-state index contributed by atoms with van der Waals surface area (Å²) in [7, 11) is 1.67. The summed E-state index contributed by atoms with van der Waals surface area (Å²) in [4.78, 5) is 0. The highest BCUT2D eigenvalue weighted by atomic mass is 16.5. The highest BCUT2D eigenvalue weighted by Crippen LogP contribution is 2.30. The van der Waals surface area contributed by atoms with Gasteiger partial charge in [-0.1, -0.05) is 12.1 Å². The fourth-order valence-corrected chi connectivity index (χ4v) is 2.26.